The van der Waals surface area contributed by atoms with Gasteiger partial charge in [0.05, 0.1) is 0 Å². The Balaban J connectivity index is 3.50. The van der Waals surface area contributed by atoms with E-state index < -0.39 is 0 Å². The number of nitrogens with one attached hydrogen (secondary N) is 2. The quantitative estimate of drug-likeness (QED) is 0.559. The summed E-state index contributed by atoms with van der Waals surface area (Å²) in [6, 6.07) is -0.120. The van der Waals surface area contributed by atoms with Crippen molar-refractivity contribution in [3.8, 4) is 0 Å². The van der Waals surface area contributed by atoms with Crippen molar-refractivity contribution in [1.29, 1.82) is 0 Å². The molecule has 0 aromatic carbocycles. The van der Waals surface area contributed by atoms with Crippen LogP contribution < -0.4 is 16.4 Å². The predicted molar refractivity (Wildman–Crippen MR) is 49.9 cm³/mol. The summed E-state index contributed by atoms with van der Waals surface area (Å²) < 4.78 is 0. The van der Waals surface area contributed by atoms with Crippen LogP contribution in [-0.4, -0.2) is 26.2 Å². The maximum Gasteiger partial charge on any atom is 0.314 e. The lowest BCUT2D eigenvalue weighted by molar-refractivity contribution is 0.240. The highest BCUT2D eigenvalue weighted by atomic mass is 16.2. The third kappa shape index (κ3) is 4.96. The summed E-state index contributed by atoms with van der Waals surface area (Å²) in [6.45, 7) is 3.51. The van der Waals surface area contributed by atoms with Crippen LogP contribution in [0.2, 0.25) is 0 Å². The van der Waals surface area contributed by atoms with Gasteiger partial charge in [0.15, 0.2) is 0 Å². The van der Waals surface area contributed by atoms with Crippen LogP contribution >= 0.6 is 0 Å². The molecule has 2 amide bonds. The van der Waals surface area contributed by atoms with Gasteiger partial charge in [-0.25, -0.2) is 4.79 Å². The van der Waals surface area contributed by atoms with Crippen LogP contribution in [0.1, 0.15) is 19.8 Å². The Morgan fingerprint density at radius 1 is 1.58 bits per heavy atom. The maximum absolute atomic E-state index is 10.8. The van der Waals surface area contributed by atoms with E-state index in [1.165, 1.54) is 0 Å². The van der Waals surface area contributed by atoms with Crippen molar-refractivity contribution >= 4 is 6.03 Å². The number of carbonyl (C=O) groups excluding carboxylic acids is 1. The summed E-state index contributed by atoms with van der Waals surface area (Å²) >= 11 is 0. The van der Waals surface area contributed by atoms with Gasteiger partial charge in [0, 0.05) is 13.6 Å². The van der Waals surface area contributed by atoms with Gasteiger partial charge in [-0.1, -0.05) is 13.3 Å². The van der Waals surface area contributed by atoms with Crippen molar-refractivity contribution in [3.05, 3.63) is 0 Å². The molecule has 0 aromatic heterocycles. The Labute approximate surface area is 73.9 Å². The highest BCUT2D eigenvalue weighted by molar-refractivity contribution is 5.73. The molecule has 1 unspecified atom stereocenters. The third-order valence-corrected chi connectivity index (χ3v) is 1.93. The van der Waals surface area contributed by atoms with E-state index in [0.29, 0.717) is 19.0 Å². The molecule has 12 heavy (non-hydrogen) atoms. The molecular weight excluding hydrogens is 154 g/mol. The van der Waals surface area contributed by atoms with Crippen molar-refractivity contribution in [2.24, 2.45) is 11.7 Å². The first-order chi connectivity index (χ1) is 5.74. The van der Waals surface area contributed by atoms with Gasteiger partial charge in [-0.05, 0) is 18.9 Å². The summed E-state index contributed by atoms with van der Waals surface area (Å²) in [5.41, 5.74) is 5.42. The molecule has 0 saturated carbocycles. The van der Waals surface area contributed by atoms with E-state index in [9.17, 15) is 4.79 Å². The number of rotatable bonds is 5. The fourth-order valence-electron chi connectivity index (χ4n) is 1.01. The first-order valence-electron chi connectivity index (χ1n) is 4.40. The second kappa shape index (κ2) is 6.91. The zero-order chi connectivity index (χ0) is 9.40. The molecule has 1 atom stereocenters. The minimum atomic E-state index is -0.120. The van der Waals surface area contributed by atoms with Crippen LogP contribution in [0.15, 0.2) is 0 Å². The van der Waals surface area contributed by atoms with Gasteiger partial charge in [-0.2, -0.15) is 0 Å². The second-order valence-electron chi connectivity index (χ2n) is 2.81. The van der Waals surface area contributed by atoms with Gasteiger partial charge >= 0.3 is 6.03 Å². The van der Waals surface area contributed by atoms with Crippen molar-refractivity contribution in [1.82, 2.24) is 10.6 Å². The molecule has 0 aromatic rings. The van der Waals surface area contributed by atoms with E-state index in [1.54, 1.807) is 7.05 Å². The first-order valence-corrected chi connectivity index (χ1v) is 4.40. The normalized spacial score (nSPS) is 12.2. The van der Waals surface area contributed by atoms with E-state index in [0.717, 1.165) is 12.8 Å². The van der Waals surface area contributed by atoms with Gasteiger partial charge < -0.3 is 16.4 Å². The smallest absolute Gasteiger partial charge is 0.314 e. The Kier molecular flexibility index (Phi) is 6.47. The van der Waals surface area contributed by atoms with Crippen LogP contribution in [0.4, 0.5) is 4.79 Å². The number of carbonyl (C=O) groups is 1. The van der Waals surface area contributed by atoms with Gasteiger partial charge in [0.1, 0.15) is 0 Å². The second-order valence-corrected chi connectivity index (χ2v) is 2.81. The first kappa shape index (κ1) is 11.2. The zero-order valence-electron chi connectivity index (χ0n) is 7.89. The molecule has 0 aliphatic heterocycles. The molecule has 0 rings (SSSR count). The summed E-state index contributed by atoms with van der Waals surface area (Å²) in [5, 5.41) is 5.27. The number of amides is 2. The van der Waals surface area contributed by atoms with E-state index in [4.69, 9.17) is 5.73 Å². The van der Waals surface area contributed by atoms with Crippen LogP contribution in [0.3, 0.4) is 0 Å². The van der Waals surface area contributed by atoms with Crippen molar-refractivity contribution in [2.75, 3.05) is 20.1 Å². The molecule has 4 heteroatoms. The SMILES string of the molecule is CCC(CCN)CNC(=O)NC. The lowest BCUT2D eigenvalue weighted by Gasteiger charge is -2.13. The van der Waals surface area contributed by atoms with E-state index in [-0.39, 0.29) is 6.03 Å². The summed E-state index contributed by atoms with van der Waals surface area (Å²) in [4.78, 5) is 10.8. The van der Waals surface area contributed by atoms with E-state index in [2.05, 4.69) is 17.6 Å². The topological polar surface area (TPSA) is 67.1 Å². The summed E-state index contributed by atoms with van der Waals surface area (Å²) in [7, 11) is 1.61. The molecule has 0 saturated heterocycles. The molecule has 0 radical (unpaired) electrons. The standard InChI is InChI=1S/C8H19N3O/c1-3-7(4-5-9)6-11-8(12)10-2/h7H,3-6,9H2,1-2H3,(H2,10,11,12). The van der Waals surface area contributed by atoms with E-state index in [1.807, 2.05) is 0 Å². The van der Waals surface area contributed by atoms with Crippen LogP contribution in [0, 0.1) is 5.92 Å². The predicted octanol–water partition coefficient (Wildman–Crippen LogP) is 0.290. The number of hydrogen-bond donors (Lipinski definition) is 3. The van der Waals surface area contributed by atoms with Gasteiger partial charge in [0.25, 0.3) is 0 Å². The van der Waals surface area contributed by atoms with E-state index >= 15 is 0 Å². The highest BCUT2D eigenvalue weighted by Gasteiger charge is 2.05. The number of urea groups is 1. The average Bonchev–Trinajstić information content (AvgIpc) is 2.11. The highest BCUT2D eigenvalue weighted by Crippen LogP contribution is 2.04. The maximum atomic E-state index is 10.8. The number of nitrogens with two attached hydrogens (primary N) is 1. The lowest BCUT2D eigenvalue weighted by atomic mass is 10.0. The molecule has 0 spiro atoms. The summed E-state index contributed by atoms with van der Waals surface area (Å²) in [6.07, 6.45) is 2.03. The molecule has 4 nitrogen and oxygen atoms in total. The fraction of sp³-hybridized carbons (Fsp3) is 0.875. The minimum Gasteiger partial charge on any atom is -0.341 e. The monoisotopic (exact) mass is 173 g/mol. The molecule has 0 heterocycles. The Hall–Kier alpha value is -0.770. The van der Waals surface area contributed by atoms with Crippen molar-refractivity contribution in [3.63, 3.8) is 0 Å². The summed E-state index contributed by atoms with van der Waals surface area (Å²) in [5.74, 6) is 0.507. The van der Waals surface area contributed by atoms with Crippen LogP contribution in [0.25, 0.3) is 0 Å². The molecular formula is C8H19N3O. The molecule has 0 bridgehead atoms. The lowest BCUT2D eigenvalue weighted by Crippen LogP contribution is -2.36. The van der Waals surface area contributed by atoms with Gasteiger partial charge in [-0.15, -0.1) is 0 Å². The Morgan fingerprint density at radius 3 is 2.67 bits per heavy atom. The Morgan fingerprint density at radius 2 is 2.25 bits per heavy atom. The number of hydrogen-bond acceptors (Lipinski definition) is 2. The van der Waals surface area contributed by atoms with Crippen LogP contribution in [0.5, 0.6) is 0 Å². The molecule has 0 aliphatic carbocycles. The minimum absolute atomic E-state index is 0.120. The molecule has 0 fully saturated rings. The van der Waals surface area contributed by atoms with Crippen molar-refractivity contribution < 1.29 is 4.79 Å². The Bertz CT molecular complexity index is 127. The molecule has 0 aliphatic rings. The largest absolute Gasteiger partial charge is 0.341 e. The van der Waals surface area contributed by atoms with Gasteiger partial charge in [0.2, 0.25) is 0 Å². The zero-order valence-corrected chi connectivity index (χ0v) is 7.89. The molecule has 72 valence electrons. The average molecular weight is 173 g/mol. The van der Waals surface area contributed by atoms with Crippen molar-refractivity contribution in [2.45, 2.75) is 19.8 Å². The molecule has 4 N–H and O–H groups in total. The van der Waals surface area contributed by atoms with Gasteiger partial charge in [-0.3, -0.25) is 0 Å². The third-order valence-electron chi connectivity index (χ3n) is 1.93. The van der Waals surface area contributed by atoms with Crippen LogP contribution in [-0.2, 0) is 0 Å². The fourth-order valence-corrected chi connectivity index (χ4v) is 1.01.